The Balaban J connectivity index is 2.26. The van der Waals surface area contributed by atoms with E-state index in [1.54, 1.807) is 6.92 Å². The minimum Gasteiger partial charge on any atom is -0.328 e. The van der Waals surface area contributed by atoms with Gasteiger partial charge in [-0.25, -0.2) is 13.1 Å². The molecule has 1 aliphatic carbocycles. The number of hydrogen-bond acceptors (Lipinski definition) is 3. The van der Waals surface area contributed by atoms with Gasteiger partial charge in [-0.1, -0.05) is 0 Å². The zero-order valence-corrected chi connectivity index (χ0v) is 9.52. The van der Waals surface area contributed by atoms with E-state index >= 15 is 0 Å². The summed E-state index contributed by atoms with van der Waals surface area (Å²) in [6, 6.07) is 0.328. The number of nitrogens with one attached hydrogen (secondary N) is 1. The maximum Gasteiger partial charge on any atom is 0.211 e. The van der Waals surface area contributed by atoms with E-state index in [0.29, 0.717) is 18.5 Å². The monoisotopic (exact) mass is 220 g/mol. The number of nitrogens with two attached hydrogens (primary N) is 1. The first-order valence-corrected chi connectivity index (χ1v) is 6.91. The molecule has 3 N–H and O–H groups in total. The Morgan fingerprint density at radius 1 is 1.29 bits per heavy atom. The normalized spacial score (nSPS) is 29.0. The topological polar surface area (TPSA) is 72.2 Å². The summed E-state index contributed by atoms with van der Waals surface area (Å²) in [5.74, 6) is 0.648. The zero-order valence-electron chi connectivity index (χ0n) is 8.70. The van der Waals surface area contributed by atoms with Gasteiger partial charge in [-0.3, -0.25) is 0 Å². The van der Waals surface area contributed by atoms with Gasteiger partial charge >= 0.3 is 0 Å². The van der Waals surface area contributed by atoms with Crippen LogP contribution in [-0.4, -0.2) is 26.8 Å². The van der Waals surface area contributed by atoms with Crippen LogP contribution >= 0.6 is 0 Å². The van der Waals surface area contributed by atoms with Crippen LogP contribution in [0.15, 0.2) is 0 Å². The Hall–Kier alpha value is -0.130. The van der Waals surface area contributed by atoms with Gasteiger partial charge < -0.3 is 5.73 Å². The summed E-state index contributed by atoms with van der Waals surface area (Å²) >= 11 is 0. The van der Waals surface area contributed by atoms with Crippen LogP contribution < -0.4 is 10.5 Å². The number of sulfonamides is 1. The standard InChI is InChI=1S/C9H20N2O2S/c1-2-14(12,13)11-7-8-3-5-9(10)6-4-8/h8-9,11H,2-7,10H2,1H3. The predicted octanol–water partition coefficient (Wildman–Crippen LogP) is 0.443. The third-order valence-electron chi connectivity index (χ3n) is 2.86. The van der Waals surface area contributed by atoms with Gasteiger partial charge in [-0.15, -0.1) is 0 Å². The SMILES string of the molecule is CCS(=O)(=O)NCC1CCC(N)CC1. The summed E-state index contributed by atoms with van der Waals surface area (Å²) in [6.45, 7) is 2.24. The van der Waals surface area contributed by atoms with Crippen LogP contribution in [-0.2, 0) is 10.0 Å². The second-order valence-corrected chi connectivity index (χ2v) is 6.13. The van der Waals surface area contributed by atoms with Gasteiger partial charge in [0.05, 0.1) is 5.75 Å². The number of hydrogen-bond donors (Lipinski definition) is 2. The summed E-state index contributed by atoms with van der Waals surface area (Å²) in [4.78, 5) is 0. The van der Waals surface area contributed by atoms with E-state index < -0.39 is 10.0 Å². The maximum absolute atomic E-state index is 11.2. The van der Waals surface area contributed by atoms with E-state index in [9.17, 15) is 8.42 Å². The largest absolute Gasteiger partial charge is 0.328 e. The fourth-order valence-electron chi connectivity index (χ4n) is 1.74. The van der Waals surface area contributed by atoms with Crippen LogP contribution in [0.5, 0.6) is 0 Å². The number of rotatable bonds is 4. The molecule has 0 atom stereocenters. The van der Waals surface area contributed by atoms with Crippen LogP contribution in [0.2, 0.25) is 0 Å². The Morgan fingerprint density at radius 3 is 2.36 bits per heavy atom. The molecule has 4 nitrogen and oxygen atoms in total. The van der Waals surface area contributed by atoms with Crippen molar-refractivity contribution in [2.75, 3.05) is 12.3 Å². The Bertz CT molecular complexity index is 256. The average molecular weight is 220 g/mol. The molecule has 0 aliphatic heterocycles. The molecule has 0 heterocycles. The fourth-order valence-corrected chi connectivity index (χ4v) is 2.43. The Kier molecular flexibility index (Phi) is 4.34. The minimum atomic E-state index is -3.01. The second-order valence-electron chi connectivity index (χ2n) is 4.03. The molecule has 0 amide bonds. The van der Waals surface area contributed by atoms with Crippen LogP contribution in [0.3, 0.4) is 0 Å². The van der Waals surface area contributed by atoms with Gasteiger partial charge in [0.15, 0.2) is 0 Å². The van der Waals surface area contributed by atoms with Gasteiger partial charge in [0.25, 0.3) is 0 Å². The van der Waals surface area contributed by atoms with Crippen LogP contribution in [0, 0.1) is 5.92 Å². The van der Waals surface area contributed by atoms with E-state index in [1.165, 1.54) is 0 Å². The fraction of sp³-hybridized carbons (Fsp3) is 1.00. The molecule has 0 spiro atoms. The van der Waals surface area contributed by atoms with Crippen molar-refractivity contribution < 1.29 is 8.42 Å². The van der Waals surface area contributed by atoms with Gasteiger partial charge in [0, 0.05) is 12.6 Å². The minimum absolute atomic E-state index is 0.166. The first-order valence-electron chi connectivity index (χ1n) is 5.26. The van der Waals surface area contributed by atoms with Crippen molar-refractivity contribution in [2.24, 2.45) is 11.7 Å². The molecule has 0 saturated heterocycles. The molecule has 84 valence electrons. The van der Waals surface area contributed by atoms with Gasteiger partial charge in [0.1, 0.15) is 0 Å². The quantitative estimate of drug-likeness (QED) is 0.722. The maximum atomic E-state index is 11.2. The molecule has 1 rings (SSSR count). The third-order valence-corrected chi connectivity index (χ3v) is 4.23. The zero-order chi connectivity index (χ0) is 10.6. The lowest BCUT2D eigenvalue weighted by molar-refractivity contribution is 0.326. The third kappa shape index (κ3) is 3.94. The summed E-state index contributed by atoms with van der Waals surface area (Å²) in [5, 5.41) is 0. The van der Waals surface area contributed by atoms with Crippen LogP contribution in [0.25, 0.3) is 0 Å². The van der Waals surface area contributed by atoms with Gasteiger partial charge in [-0.05, 0) is 38.5 Å². The van der Waals surface area contributed by atoms with Crippen molar-refractivity contribution in [3.8, 4) is 0 Å². The van der Waals surface area contributed by atoms with E-state index in [0.717, 1.165) is 25.7 Å². The van der Waals surface area contributed by atoms with E-state index in [1.807, 2.05) is 0 Å². The molecular formula is C9H20N2O2S. The molecule has 1 saturated carbocycles. The van der Waals surface area contributed by atoms with Crippen molar-refractivity contribution in [3.63, 3.8) is 0 Å². The highest BCUT2D eigenvalue weighted by atomic mass is 32.2. The summed E-state index contributed by atoms with van der Waals surface area (Å²) < 4.78 is 25.0. The molecule has 1 aliphatic rings. The van der Waals surface area contributed by atoms with Crippen molar-refractivity contribution >= 4 is 10.0 Å². The molecule has 5 heteroatoms. The highest BCUT2D eigenvalue weighted by Crippen LogP contribution is 2.22. The summed E-state index contributed by atoms with van der Waals surface area (Å²) in [5.41, 5.74) is 5.77. The highest BCUT2D eigenvalue weighted by molar-refractivity contribution is 7.89. The Morgan fingerprint density at radius 2 is 1.86 bits per heavy atom. The molecule has 0 aromatic carbocycles. The molecular weight excluding hydrogens is 200 g/mol. The van der Waals surface area contributed by atoms with Crippen molar-refractivity contribution in [1.82, 2.24) is 4.72 Å². The van der Waals surface area contributed by atoms with Gasteiger partial charge in [-0.2, -0.15) is 0 Å². The first-order chi connectivity index (χ1) is 6.53. The van der Waals surface area contributed by atoms with Gasteiger partial charge in [0.2, 0.25) is 10.0 Å². The Labute approximate surface area is 86.3 Å². The summed E-state index contributed by atoms with van der Waals surface area (Å²) in [6.07, 6.45) is 4.15. The smallest absolute Gasteiger partial charge is 0.211 e. The summed E-state index contributed by atoms with van der Waals surface area (Å²) in [7, 11) is -3.01. The first kappa shape index (κ1) is 11.9. The molecule has 0 aromatic heterocycles. The lowest BCUT2D eigenvalue weighted by atomic mass is 9.87. The lowest BCUT2D eigenvalue weighted by Crippen LogP contribution is -2.34. The molecule has 0 aromatic rings. The lowest BCUT2D eigenvalue weighted by Gasteiger charge is -2.25. The van der Waals surface area contributed by atoms with Crippen molar-refractivity contribution in [1.29, 1.82) is 0 Å². The molecule has 1 fully saturated rings. The van der Waals surface area contributed by atoms with Crippen LogP contribution in [0.4, 0.5) is 0 Å². The molecule has 0 bridgehead atoms. The van der Waals surface area contributed by atoms with E-state index in [-0.39, 0.29) is 5.75 Å². The van der Waals surface area contributed by atoms with E-state index in [2.05, 4.69) is 4.72 Å². The molecule has 0 radical (unpaired) electrons. The second kappa shape index (κ2) is 5.09. The van der Waals surface area contributed by atoms with Crippen molar-refractivity contribution in [2.45, 2.75) is 38.6 Å². The molecule has 14 heavy (non-hydrogen) atoms. The van der Waals surface area contributed by atoms with E-state index in [4.69, 9.17) is 5.73 Å². The predicted molar refractivity (Wildman–Crippen MR) is 57.4 cm³/mol. The average Bonchev–Trinajstić information content (AvgIpc) is 2.17. The van der Waals surface area contributed by atoms with Crippen LogP contribution in [0.1, 0.15) is 32.6 Å². The van der Waals surface area contributed by atoms with Crippen molar-refractivity contribution in [3.05, 3.63) is 0 Å². The molecule has 0 unspecified atom stereocenters. The highest BCUT2D eigenvalue weighted by Gasteiger charge is 2.19.